The van der Waals surface area contributed by atoms with Crippen molar-refractivity contribution in [2.45, 2.75) is 0 Å². The Hall–Kier alpha value is -2.46. The number of amides is 1. The molecule has 0 saturated carbocycles. The van der Waals surface area contributed by atoms with Crippen LogP contribution < -0.4 is 5.32 Å². The zero-order chi connectivity index (χ0) is 16.2. The minimum atomic E-state index is -0.165. The molecule has 0 spiro atoms. The molecular weight excluding hydrogens is 354 g/mol. The number of carbonyl (C=O) groups excluding carboxylic acids is 2. The van der Waals surface area contributed by atoms with Crippen LogP contribution in [0.1, 0.15) is 20.7 Å². The smallest absolute Gasteiger partial charge is 0.256 e. The Morgan fingerprint density at radius 1 is 0.870 bits per heavy atom. The van der Waals surface area contributed by atoms with Crippen LogP contribution in [0.3, 0.4) is 0 Å². The zero-order valence-electron chi connectivity index (χ0n) is 12.3. The molecule has 0 fully saturated rings. The highest BCUT2D eigenvalue weighted by Crippen LogP contribution is 2.20. The van der Waals surface area contributed by atoms with Gasteiger partial charge in [0.1, 0.15) is 0 Å². The summed E-state index contributed by atoms with van der Waals surface area (Å²) in [4.78, 5) is 24.1. The molecule has 0 aliphatic heterocycles. The Labute approximate surface area is 142 Å². The number of hydrogen-bond donors (Lipinski definition) is 1. The van der Waals surface area contributed by atoms with E-state index in [0.717, 1.165) is 10.8 Å². The fourth-order valence-corrected chi connectivity index (χ4v) is 2.76. The van der Waals surface area contributed by atoms with Crippen molar-refractivity contribution in [3.63, 3.8) is 0 Å². The molecule has 0 aliphatic carbocycles. The first-order valence-electron chi connectivity index (χ1n) is 7.17. The lowest BCUT2D eigenvalue weighted by Crippen LogP contribution is -2.12. The number of anilines is 1. The van der Waals surface area contributed by atoms with Gasteiger partial charge in [-0.25, -0.2) is 0 Å². The van der Waals surface area contributed by atoms with E-state index in [1.54, 1.807) is 30.3 Å². The average molecular weight is 368 g/mol. The van der Waals surface area contributed by atoms with Crippen LogP contribution in [0.2, 0.25) is 0 Å². The maximum atomic E-state index is 12.5. The van der Waals surface area contributed by atoms with Crippen LogP contribution in [0.4, 0.5) is 5.69 Å². The maximum absolute atomic E-state index is 12.5. The van der Waals surface area contributed by atoms with E-state index in [1.807, 2.05) is 36.4 Å². The van der Waals surface area contributed by atoms with E-state index in [-0.39, 0.29) is 17.0 Å². The SMILES string of the molecule is O=C(CBr)c1ccc(NC(=O)c2cccc3ccccc23)cc1. The molecule has 4 heteroatoms. The number of benzene rings is 3. The summed E-state index contributed by atoms with van der Waals surface area (Å²) in [5.74, 6) is -0.154. The molecule has 0 bridgehead atoms. The summed E-state index contributed by atoms with van der Waals surface area (Å²) in [5.41, 5.74) is 1.91. The monoisotopic (exact) mass is 367 g/mol. The molecule has 0 saturated heterocycles. The van der Waals surface area contributed by atoms with Gasteiger partial charge >= 0.3 is 0 Å². The normalized spacial score (nSPS) is 10.5. The van der Waals surface area contributed by atoms with Gasteiger partial charge < -0.3 is 5.32 Å². The summed E-state index contributed by atoms with van der Waals surface area (Å²) in [6, 6.07) is 20.3. The predicted molar refractivity (Wildman–Crippen MR) is 96.5 cm³/mol. The summed E-state index contributed by atoms with van der Waals surface area (Å²) in [7, 11) is 0. The second-order valence-electron chi connectivity index (χ2n) is 5.11. The highest BCUT2D eigenvalue weighted by atomic mass is 79.9. The first-order valence-corrected chi connectivity index (χ1v) is 8.29. The van der Waals surface area contributed by atoms with Crippen molar-refractivity contribution in [2.24, 2.45) is 0 Å². The molecule has 114 valence electrons. The molecule has 1 amide bonds. The minimum absolute atomic E-state index is 0.0110. The van der Waals surface area contributed by atoms with E-state index in [1.165, 1.54) is 0 Å². The molecule has 0 aromatic heterocycles. The summed E-state index contributed by atoms with van der Waals surface area (Å²) in [5, 5.41) is 5.10. The number of fused-ring (bicyclic) bond motifs is 1. The molecule has 0 aliphatic rings. The lowest BCUT2D eigenvalue weighted by molar-refractivity contribution is 0.101. The number of ketones is 1. The van der Waals surface area contributed by atoms with Gasteiger partial charge in [0.15, 0.2) is 5.78 Å². The van der Waals surface area contributed by atoms with Crippen molar-refractivity contribution in [1.29, 1.82) is 0 Å². The van der Waals surface area contributed by atoms with Crippen molar-refractivity contribution in [1.82, 2.24) is 0 Å². The number of nitrogens with one attached hydrogen (secondary N) is 1. The Morgan fingerprint density at radius 2 is 1.57 bits per heavy atom. The van der Waals surface area contributed by atoms with Gasteiger partial charge in [-0.05, 0) is 41.1 Å². The highest BCUT2D eigenvalue weighted by molar-refractivity contribution is 9.09. The first kappa shape index (κ1) is 15.4. The number of Topliss-reactive ketones (excluding diaryl/α,β-unsaturated/α-hetero) is 1. The van der Waals surface area contributed by atoms with E-state index in [9.17, 15) is 9.59 Å². The number of alkyl halides is 1. The Bertz CT molecular complexity index is 867. The summed E-state index contributed by atoms with van der Waals surface area (Å²) in [6.45, 7) is 0. The molecule has 0 atom stereocenters. The summed E-state index contributed by atoms with van der Waals surface area (Å²) >= 11 is 3.14. The summed E-state index contributed by atoms with van der Waals surface area (Å²) < 4.78 is 0. The van der Waals surface area contributed by atoms with Crippen molar-refractivity contribution >= 4 is 44.1 Å². The summed E-state index contributed by atoms with van der Waals surface area (Å²) in [6.07, 6.45) is 0. The van der Waals surface area contributed by atoms with E-state index < -0.39 is 0 Å². The molecular formula is C19H14BrNO2. The number of rotatable bonds is 4. The number of hydrogen-bond acceptors (Lipinski definition) is 2. The first-order chi connectivity index (χ1) is 11.2. The third-order valence-electron chi connectivity index (χ3n) is 3.62. The average Bonchev–Trinajstić information content (AvgIpc) is 2.61. The van der Waals surface area contributed by atoms with Gasteiger partial charge in [0.2, 0.25) is 0 Å². The topological polar surface area (TPSA) is 46.2 Å². The fraction of sp³-hybridized carbons (Fsp3) is 0.0526. The largest absolute Gasteiger partial charge is 0.322 e. The van der Waals surface area contributed by atoms with E-state index >= 15 is 0 Å². The third-order valence-corrected chi connectivity index (χ3v) is 4.13. The van der Waals surface area contributed by atoms with Gasteiger partial charge in [0, 0.05) is 16.8 Å². The predicted octanol–water partition coefficient (Wildman–Crippen LogP) is 4.67. The lowest BCUT2D eigenvalue weighted by atomic mass is 10.0. The second kappa shape index (κ2) is 6.75. The standard InChI is InChI=1S/C19H14BrNO2/c20-12-18(22)14-8-10-15(11-9-14)21-19(23)17-7-3-5-13-4-1-2-6-16(13)17/h1-11H,12H2,(H,21,23). The van der Waals surface area contributed by atoms with Crippen LogP contribution >= 0.6 is 15.9 Å². The van der Waals surface area contributed by atoms with Crippen LogP contribution in [-0.4, -0.2) is 17.0 Å². The highest BCUT2D eigenvalue weighted by Gasteiger charge is 2.10. The van der Waals surface area contributed by atoms with Gasteiger partial charge in [0.25, 0.3) is 5.91 Å². The van der Waals surface area contributed by atoms with Gasteiger partial charge in [-0.3, -0.25) is 9.59 Å². The third kappa shape index (κ3) is 3.32. The van der Waals surface area contributed by atoms with Gasteiger partial charge in [0.05, 0.1) is 5.33 Å². The molecule has 0 radical (unpaired) electrons. The van der Waals surface area contributed by atoms with E-state index in [4.69, 9.17) is 0 Å². The zero-order valence-corrected chi connectivity index (χ0v) is 13.8. The molecule has 3 aromatic carbocycles. The Kier molecular flexibility index (Phi) is 4.53. The maximum Gasteiger partial charge on any atom is 0.256 e. The van der Waals surface area contributed by atoms with Gasteiger partial charge in [-0.15, -0.1) is 0 Å². The lowest BCUT2D eigenvalue weighted by Gasteiger charge is -2.08. The van der Waals surface area contributed by atoms with Crippen molar-refractivity contribution in [2.75, 3.05) is 10.6 Å². The van der Waals surface area contributed by atoms with Crippen LogP contribution in [0.25, 0.3) is 10.8 Å². The van der Waals surface area contributed by atoms with E-state index in [2.05, 4.69) is 21.2 Å². The van der Waals surface area contributed by atoms with Gasteiger partial charge in [-0.1, -0.05) is 52.3 Å². The molecule has 3 nitrogen and oxygen atoms in total. The Morgan fingerprint density at radius 3 is 2.30 bits per heavy atom. The number of carbonyl (C=O) groups is 2. The molecule has 0 heterocycles. The number of halogens is 1. The molecule has 3 rings (SSSR count). The molecule has 1 N–H and O–H groups in total. The van der Waals surface area contributed by atoms with Crippen LogP contribution in [0.15, 0.2) is 66.7 Å². The van der Waals surface area contributed by atoms with E-state index in [0.29, 0.717) is 16.8 Å². The fourth-order valence-electron chi connectivity index (χ4n) is 2.44. The van der Waals surface area contributed by atoms with Crippen LogP contribution in [0.5, 0.6) is 0 Å². The Balaban J connectivity index is 1.85. The van der Waals surface area contributed by atoms with Crippen LogP contribution in [0, 0.1) is 0 Å². The van der Waals surface area contributed by atoms with Crippen molar-refractivity contribution in [3.8, 4) is 0 Å². The van der Waals surface area contributed by atoms with Gasteiger partial charge in [-0.2, -0.15) is 0 Å². The minimum Gasteiger partial charge on any atom is -0.322 e. The van der Waals surface area contributed by atoms with Crippen LogP contribution in [-0.2, 0) is 0 Å². The quantitative estimate of drug-likeness (QED) is 0.537. The second-order valence-corrected chi connectivity index (χ2v) is 5.68. The van der Waals surface area contributed by atoms with Crippen molar-refractivity contribution < 1.29 is 9.59 Å². The van der Waals surface area contributed by atoms with Crippen molar-refractivity contribution in [3.05, 3.63) is 77.9 Å². The molecule has 3 aromatic rings. The molecule has 23 heavy (non-hydrogen) atoms. The molecule has 0 unspecified atom stereocenters.